The van der Waals surface area contributed by atoms with E-state index in [1.165, 1.54) is 6.07 Å². The molecular formula is C15H18ClNO4. The number of ether oxygens (including phenoxy) is 2. The van der Waals surface area contributed by atoms with Crippen molar-refractivity contribution in [1.82, 2.24) is 4.90 Å². The first kappa shape index (κ1) is 15.8. The minimum absolute atomic E-state index is 0.0127. The number of carbonyl (C=O) groups excluding carboxylic acids is 2. The van der Waals surface area contributed by atoms with Crippen LogP contribution in [-0.2, 0) is 14.3 Å². The molecule has 5 nitrogen and oxygen atoms in total. The van der Waals surface area contributed by atoms with Crippen molar-refractivity contribution in [2.45, 2.75) is 26.1 Å². The fourth-order valence-corrected chi connectivity index (χ4v) is 2.49. The summed E-state index contributed by atoms with van der Waals surface area (Å²) in [5.41, 5.74) is 0.332. The molecule has 1 heterocycles. The Morgan fingerprint density at radius 3 is 2.62 bits per heavy atom. The molecule has 0 bridgehead atoms. The summed E-state index contributed by atoms with van der Waals surface area (Å²) < 4.78 is 10.6. The topological polar surface area (TPSA) is 55.8 Å². The summed E-state index contributed by atoms with van der Waals surface area (Å²) in [4.78, 5) is 25.6. The summed E-state index contributed by atoms with van der Waals surface area (Å²) in [5, 5.41) is 0.451. The minimum Gasteiger partial charge on any atom is -0.452 e. The molecule has 0 radical (unpaired) electrons. The standard InChI is InChI=1S/C15H18ClNO4/c1-10-7-17(8-11(2)21-10)14(18)9-20-15(19)12-4-3-5-13(16)6-12/h3-6,10-11H,7-9H2,1-2H3/t10-,11-/m1/s1. The second-order valence-electron chi connectivity index (χ2n) is 5.14. The molecule has 114 valence electrons. The highest BCUT2D eigenvalue weighted by molar-refractivity contribution is 6.30. The Hall–Kier alpha value is -1.59. The molecule has 0 N–H and O–H groups in total. The number of amides is 1. The molecule has 1 aromatic rings. The normalized spacial score (nSPS) is 22.0. The van der Waals surface area contributed by atoms with Crippen molar-refractivity contribution in [3.63, 3.8) is 0 Å². The fourth-order valence-electron chi connectivity index (χ4n) is 2.30. The van der Waals surface area contributed by atoms with Crippen LogP contribution in [0.4, 0.5) is 0 Å². The molecule has 0 unspecified atom stereocenters. The van der Waals surface area contributed by atoms with E-state index < -0.39 is 5.97 Å². The Morgan fingerprint density at radius 1 is 1.33 bits per heavy atom. The molecule has 1 aliphatic rings. The van der Waals surface area contributed by atoms with E-state index in [2.05, 4.69) is 0 Å². The summed E-state index contributed by atoms with van der Waals surface area (Å²) in [7, 11) is 0. The van der Waals surface area contributed by atoms with Gasteiger partial charge in [0.1, 0.15) is 0 Å². The van der Waals surface area contributed by atoms with Crippen LogP contribution in [0.5, 0.6) is 0 Å². The van der Waals surface area contributed by atoms with Gasteiger partial charge < -0.3 is 14.4 Å². The molecular weight excluding hydrogens is 294 g/mol. The molecule has 1 aliphatic heterocycles. The zero-order valence-corrected chi connectivity index (χ0v) is 12.8. The summed E-state index contributed by atoms with van der Waals surface area (Å²) in [5.74, 6) is -0.771. The van der Waals surface area contributed by atoms with E-state index in [9.17, 15) is 9.59 Å². The van der Waals surface area contributed by atoms with Gasteiger partial charge in [-0.1, -0.05) is 17.7 Å². The minimum atomic E-state index is -0.555. The van der Waals surface area contributed by atoms with Gasteiger partial charge in [-0.25, -0.2) is 4.79 Å². The van der Waals surface area contributed by atoms with Gasteiger partial charge in [-0.2, -0.15) is 0 Å². The average molecular weight is 312 g/mol. The Labute approximate surface area is 128 Å². The van der Waals surface area contributed by atoms with E-state index in [0.717, 1.165) is 0 Å². The van der Waals surface area contributed by atoms with Crippen molar-refractivity contribution in [2.75, 3.05) is 19.7 Å². The Balaban J connectivity index is 1.87. The molecule has 0 spiro atoms. The van der Waals surface area contributed by atoms with E-state index in [1.807, 2.05) is 13.8 Å². The average Bonchev–Trinajstić information content (AvgIpc) is 2.43. The van der Waals surface area contributed by atoms with E-state index in [1.54, 1.807) is 23.1 Å². The summed E-state index contributed by atoms with van der Waals surface area (Å²) >= 11 is 5.81. The molecule has 0 aliphatic carbocycles. The fraction of sp³-hybridized carbons (Fsp3) is 0.467. The molecule has 2 atom stereocenters. The number of esters is 1. The molecule has 1 amide bonds. The smallest absolute Gasteiger partial charge is 0.338 e. The molecule has 0 saturated carbocycles. The van der Waals surface area contributed by atoms with Gasteiger partial charge in [0.05, 0.1) is 17.8 Å². The first-order valence-electron chi connectivity index (χ1n) is 6.81. The highest BCUT2D eigenvalue weighted by atomic mass is 35.5. The maximum Gasteiger partial charge on any atom is 0.338 e. The van der Waals surface area contributed by atoms with Crippen LogP contribution in [0.2, 0.25) is 5.02 Å². The summed E-state index contributed by atoms with van der Waals surface area (Å²) in [6.07, 6.45) is -0.0253. The van der Waals surface area contributed by atoms with Crippen LogP contribution in [0.3, 0.4) is 0 Å². The third kappa shape index (κ3) is 4.44. The Bertz CT molecular complexity index is 524. The second kappa shape index (κ2) is 6.91. The number of carbonyl (C=O) groups is 2. The van der Waals surface area contributed by atoms with Gasteiger partial charge >= 0.3 is 5.97 Å². The molecule has 6 heteroatoms. The number of nitrogens with zero attached hydrogens (tertiary/aromatic N) is 1. The van der Waals surface area contributed by atoms with E-state index >= 15 is 0 Å². The number of hydrogen-bond donors (Lipinski definition) is 0. The van der Waals surface area contributed by atoms with Crippen LogP contribution in [0.25, 0.3) is 0 Å². The quantitative estimate of drug-likeness (QED) is 0.803. The van der Waals surface area contributed by atoms with Crippen LogP contribution in [-0.4, -0.2) is 48.7 Å². The zero-order chi connectivity index (χ0) is 15.4. The van der Waals surface area contributed by atoms with Crippen LogP contribution >= 0.6 is 11.6 Å². The first-order valence-corrected chi connectivity index (χ1v) is 7.19. The predicted octanol–water partition coefficient (Wildman–Crippen LogP) is 2.13. The molecule has 1 fully saturated rings. The second-order valence-corrected chi connectivity index (χ2v) is 5.58. The van der Waals surface area contributed by atoms with Gasteiger partial charge in [0, 0.05) is 18.1 Å². The number of rotatable bonds is 3. The molecule has 2 rings (SSSR count). The summed E-state index contributed by atoms with van der Waals surface area (Å²) in [6.45, 7) is 4.57. The number of benzene rings is 1. The molecule has 21 heavy (non-hydrogen) atoms. The van der Waals surface area contributed by atoms with Gasteiger partial charge in [0.15, 0.2) is 6.61 Å². The summed E-state index contributed by atoms with van der Waals surface area (Å²) in [6, 6.07) is 6.43. The maximum atomic E-state index is 12.1. The Kier molecular flexibility index (Phi) is 5.20. The lowest BCUT2D eigenvalue weighted by Crippen LogP contribution is -2.49. The highest BCUT2D eigenvalue weighted by Gasteiger charge is 2.26. The van der Waals surface area contributed by atoms with Gasteiger partial charge in [-0.15, -0.1) is 0 Å². The lowest BCUT2D eigenvalue weighted by Gasteiger charge is -2.35. The number of hydrogen-bond acceptors (Lipinski definition) is 4. The number of halogens is 1. The Morgan fingerprint density at radius 2 is 2.00 bits per heavy atom. The van der Waals surface area contributed by atoms with E-state index in [4.69, 9.17) is 21.1 Å². The van der Waals surface area contributed by atoms with Crippen molar-refractivity contribution in [3.8, 4) is 0 Å². The van der Waals surface area contributed by atoms with Crippen LogP contribution < -0.4 is 0 Å². The van der Waals surface area contributed by atoms with Gasteiger partial charge in [0.2, 0.25) is 0 Å². The van der Waals surface area contributed by atoms with Crippen molar-refractivity contribution < 1.29 is 19.1 Å². The molecule has 1 aromatic carbocycles. The van der Waals surface area contributed by atoms with Crippen molar-refractivity contribution in [1.29, 1.82) is 0 Å². The lowest BCUT2D eigenvalue weighted by atomic mass is 10.2. The maximum absolute atomic E-state index is 12.1. The monoisotopic (exact) mass is 311 g/mol. The first-order chi connectivity index (χ1) is 9.95. The molecule has 0 aromatic heterocycles. The predicted molar refractivity (Wildman–Crippen MR) is 78.3 cm³/mol. The van der Waals surface area contributed by atoms with Gasteiger partial charge in [-0.05, 0) is 32.0 Å². The van der Waals surface area contributed by atoms with Crippen molar-refractivity contribution in [3.05, 3.63) is 34.9 Å². The SMILES string of the molecule is C[C@@H]1CN(C(=O)COC(=O)c2cccc(Cl)c2)C[C@@H](C)O1. The third-order valence-corrected chi connectivity index (χ3v) is 3.39. The van der Waals surface area contributed by atoms with Crippen molar-refractivity contribution in [2.24, 2.45) is 0 Å². The zero-order valence-electron chi connectivity index (χ0n) is 12.0. The van der Waals surface area contributed by atoms with E-state index in [-0.39, 0.29) is 24.7 Å². The molecule has 1 saturated heterocycles. The van der Waals surface area contributed by atoms with Crippen LogP contribution in [0, 0.1) is 0 Å². The van der Waals surface area contributed by atoms with Gasteiger partial charge in [-0.3, -0.25) is 4.79 Å². The van der Waals surface area contributed by atoms with Crippen LogP contribution in [0.15, 0.2) is 24.3 Å². The highest BCUT2D eigenvalue weighted by Crippen LogP contribution is 2.13. The largest absolute Gasteiger partial charge is 0.452 e. The van der Waals surface area contributed by atoms with Crippen LogP contribution in [0.1, 0.15) is 24.2 Å². The third-order valence-electron chi connectivity index (χ3n) is 3.16. The van der Waals surface area contributed by atoms with Gasteiger partial charge in [0.25, 0.3) is 5.91 Å². The number of morpholine rings is 1. The lowest BCUT2D eigenvalue weighted by molar-refractivity contribution is -0.146. The van der Waals surface area contributed by atoms with Crippen molar-refractivity contribution >= 4 is 23.5 Å². The van der Waals surface area contributed by atoms with E-state index in [0.29, 0.717) is 23.7 Å².